The van der Waals surface area contributed by atoms with Crippen molar-refractivity contribution in [3.63, 3.8) is 0 Å². The van der Waals surface area contributed by atoms with Gasteiger partial charge in [-0.2, -0.15) is 36.4 Å². The number of unbranched alkanes of at least 4 members (excludes halogenated alkanes) is 2. The molecule has 8 heteroatoms. The number of allylic oxidation sites excluding steroid dienone is 10. The summed E-state index contributed by atoms with van der Waals surface area (Å²) in [5.41, 5.74) is 7.38. The third kappa shape index (κ3) is 24.2. The molecule has 2 aliphatic rings. The van der Waals surface area contributed by atoms with Crippen molar-refractivity contribution in [2.24, 2.45) is 0 Å². The molecule has 0 saturated carbocycles. The molecule has 4 aromatic carbocycles. The van der Waals surface area contributed by atoms with Gasteiger partial charge in [0.1, 0.15) is 6.29 Å². The van der Waals surface area contributed by atoms with Crippen molar-refractivity contribution in [2.45, 2.75) is 144 Å². The van der Waals surface area contributed by atoms with Crippen LogP contribution in [0.3, 0.4) is 0 Å². The van der Waals surface area contributed by atoms with Crippen LogP contribution in [0.2, 0.25) is 0 Å². The van der Waals surface area contributed by atoms with Crippen molar-refractivity contribution in [3.05, 3.63) is 185 Å². The molecule has 1 radical (unpaired) electrons. The average molecular weight is 1230 g/mol. The van der Waals surface area contributed by atoms with Crippen LogP contribution in [0.25, 0.3) is 0 Å². The van der Waals surface area contributed by atoms with Gasteiger partial charge in [-0.3, -0.25) is 9.59 Å². The van der Waals surface area contributed by atoms with Gasteiger partial charge in [-0.25, -0.2) is 0 Å². The molecule has 377 valence electrons. The number of benzene rings is 4. The first-order chi connectivity index (χ1) is 33.5. The van der Waals surface area contributed by atoms with E-state index in [1.165, 1.54) is 38.2 Å². The van der Waals surface area contributed by atoms with Crippen LogP contribution in [0.5, 0.6) is 0 Å². The molecule has 0 aliphatic heterocycles. The van der Waals surface area contributed by atoms with Crippen LogP contribution in [-0.2, 0) is 47.1 Å². The molecule has 72 heavy (non-hydrogen) atoms. The topological polar surface area (TPSA) is 51.2 Å². The number of halogens is 2. The largest absolute Gasteiger partial charge is 1.00 e. The minimum atomic E-state index is -2.79. The van der Waals surface area contributed by atoms with Gasteiger partial charge in [-0.1, -0.05) is 34.9 Å². The van der Waals surface area contributed by atoms with Crippen molar-refractivity contribution in [3.8, 4) is 23.7 Å². The third-order valence-electron chi connectivity index (χ3n) is 12.6. The summed E-state index contributed by atoms with van der Waals surface area (Å²) in [5, 5.41) is 1.40. The van der Waals surface area contributed by atoms with Crippen molar-refractivity contribution < 1.29 is 67.4 Å². The van der Waals surface area contributed by atoms with Crippen LogP contribution in [0, 0.1) is 29.7 Å². The fourth-order valence-corrected chi connectivity index (χ4v) is 16.3. The zero-order valence-electron chi connectivity index (χ0n) is 44.5. The SMILES string of the molecule is CC#CCC/C=C(\C)CC/C=C/CCC1=C(C)CCC1=O.CC#CCC/C=C(\C)CCCP(Br)(c1ccccc1)(c1ccccc1)c1ccccc1.CC1=C(CCC=O)C(=O)CC1.I.[3HH].[Li+].[Y].[c-]1ccccc1. The van der Waals surface area contributed by atoms with Crippen LogP contribution in [-0.4, -0.2) is 24.0 Å². The average Bonchev–Trinajstić information content (AvgIpc) is 3.89. The second kappa shape index (κ2) is 40.4. The Bertz CT molecular complexity index is 2360. The second-order valence-electron chi connectivity index (χ2n) is 17.7. The van der Waals surface area contributed by atoms with E-state index in [4.69, 9.17) is 0 Å². The van der Waals surface area contributed by atoms with E-state index in [2.05, 4.69) is 181 Å². The summed E-state index contributed by atoms with van der Waals surface area (Å²) in [6, 6.07) is 45.7. The van der Waals surface area contributed by atoms with E-state index in [1.54, 1.807) is 0 Å². The molecule has 3 nitrogen and oxygen atoms in total. The molecule has 0 spiro atoms. The van der Waals surface area contributed by atoms with Gasteiger partial charge >= 0.3 is 216 Å². The molecule has 0 atom stereocenters. The van der Waals surface area contributed by atoms with Crippen LogP contribution in [0.4, 0.5) is 0 Å². The Balaban J connectivity index is 0. The number of hydrogen-bond acceptors (Lipinski definition) is 3. The van der Waals surface area contributed by atoms with Gasteiger partial charge in [0, 0.05) is 59.8 Å². The van der Waals surface area contributed by atoms with Crippen molar-refractivity contribution in [2.75, 3.05) is 6.16 Å². The molecular weight excluding hydrogens is 1150 g/mol. The van der Waals surface area contributed by atoms with E-state index >= 15 is 0 Å². The molecule has 0 fully saturated rings. The summed E-state index contributed by atoms with van der Waals surface area (Å²) in [6.45, 7) is 12.3. The fourth-order valence-electron chi connectivity index (χ4n) is 8.65. The Morgan fingerprint density at radius 1 is 0.611 bits per heavy atom. The fraction of sp³-hybridized carbons (Fsp3) is 0.359. The van der Waals surface area contributed by atoms with Gasteiger partial charge in [0.2, 0.25) is 0 Å². The minimum absolute atomic E-state index is 0. The summed E-state index contributed by atoms with van der Waals surface area (Å²) >= 11 is 4.53. The van der Waals surface area contributed by atoms with Crippen molar-refractivity contribution in [1.29, 1.82) is 0 Å². The molecule has 0 heterocycles. The van der Waals surface area contributed by atoms with E-state index in [9.17, 15) is 14.4 Å². The Morgan fingerprint density at radius 3 is 1.38 bits per heavy atom. The third-order valence-corrected chi connectivity index (χ3v) is 22.7. The van der Waals surface area contributed by atoms with E-state index in [1.807, 2.05) is 51.1 Å². The molecule has 0 bridgehead atoms. The molecule has 0 N–H and O–H groups in total. The zero-order chi connectivity index (χ0) is 50.0. The van der Waals surface area contributed by atoms with E-state index in [0.717, 1.165) is 107 Å². The van der Waals surface area contributed by atoms with Crippen molar-refractivity contribution in [1.82, 2.24) is 0 Å². The number of Topliss-reactive ketones (excluding diaryl/α,β-unsaturated/α-hetero) is 2. The van der Waals surface area contributed by atoms with Gasteiger partial charge in [-0.05, 0) is 90.2 Å². The molecular formula is C64H80BrILiO3PY. The number of carbonyl (C=O) groups is 3. The van der Waals surface area contributed by atoms with Gasteiger partial charge in [-0.15, -0.1) is 35.8 Å². The molecule has 0 saturated heterocycles. The Morgan fingerprint density at radius 2 is 1.01 bits per heavy atom. The maximum Gasteiger partial charge on any atom is 1.00 e. The summed E-state index contributed by atoms with van der Waals surface area (Å²) in [5.74, 6) is 12.8. The number of rotatable bonds is 20. The van der Waals surface area contributed by atoms with Gasteiger partial charge in [0.05, 0.1) is 0 Å². The minimum Gasteiger partial charge on any atom is -0.303 e. The summed E-state index contributed by atoms with van der Waals surface area (Å²) in [7, 11) is 0. The predicted molar refractivity (Wildman–Crippen MR) is 321 cm³/mol. The first-order valence-corrected chi connectivity index (χ1v) is 29.4. The first-order valence-electron chi connectivity index (χ1n) is 24.9. The number of carbonyl (C=O) groups excluding carboxylic acids is 3. The summed E-state index contributed by atoms with van der Waals surface area (Å²) in [4.78, 5) is 32.8. The smallest absolute Gasteiger partial charge is 0.303 e. The monoisotopic (exact) mass is 1230 g/mol. The second-order valence-corrected chi connectivity index (χ2v) is 26.8. The van der Waals surface area contributed by atoms with E-state index in [0.29, 0.717) is 25.0 Å². The van der Waals surface area contributed by atoms with Crippen LogP contribution >= 0.6 is 44.8 Å². The first kappa shape index (κ1) is 69.1. The standard InChI is InChI=1S/C29H32BrP.C20H28O.C9H12O2.C6H5.HI.Li.Y.H2/c1-3-4-5-9-17-26(2)18-16-25-31(30,27-19-10-6-11-20-27,28-21-12-7-13-22-28)29-23-14-8-15-24-29;1-4-5-6-9-12-17(2)13-10-7-8-11-14-19-18(3)15-16-20(19)21;1-7-4-5-9(11)8(7)3-2-6-10;1-2-4-6-5-3-1;;;;/h6-8,10-15,17,19-24H,5,9,16,18,25H2,1-2H3;7-8,12H,6,9-11,13-16H2,1-3H3;6H,2-5H2,1H3;1-5H;1H;;;1H/q;;;-1;;+1;;/b26-17+;8-7+,17-12+;;;;;;/i;;;;;;;1+2. The Kier molecular flexibility index (Phi) is 38.7. The number of ketones is 2. The maximum absolute atomic E-state index is 11.6. The summed E-state index contributed by atoms with van der Waals surface area (Å²) in [6.07, 6.45) is 25.9. The quantitative estimate of drug-likeness (QED) is 0.0130. The molecule has 4 aromatic rings. The van der Waals surface area contributed by atoms with Crippen LogP contribution in [0.1, 0.15) is 146 Å². The normalized spacial score (nSPS) is 13.6. The predicted octanol–water partition coefficient (Wildman–Crippen LogP) is 13.9. The number of aldehydes is 1. The number of hydrogen-bond donors (Lipinski definition) is 0. The molecule has 6 rings (SSSR count). The maximum atomic E-state index is 11.6. The van der Waals surface area contributed by atoms with Crippen molar-refractivity contribution >= 4 is 78.5 Å². The Hall–Kier alpha value is -2.95. The molecule has 2 aliphatic carbocycles. The molecule has 0 aromatic heterocycles. The van der Waals surface area contributed by atoms with Crippen LogP contribution < -0.4 is 34.8 Å². The Labute approximate surface area is 500 Å². The van der Waals surface area contributed by atoms with Gasteiger partial charge in [0.25, 0.3) is 0 Å². The summed E-state index contributed by atoms with van der Waals surface area (Å²) < 4.78 is 0. The van der Waals surface area contributed by atoms with Gasteiger partial charge in [0.15, 0.2) is 11.6 Å². The van der Waals surface area contributed by atoms with Gasteiger partial charge < -0.3 is 4.79 Å². The van der Waals surface area contributed by atoms with E-state index < -0.39 is 5.31 Å². The van der Waals surface area contributed by atoms with Crippen LogP contribution in [0.15, 0.2) is 179 Å². The van der Waals surface area contributed by atoms with E-state index in [-0.39, 0.29) is 82.8 Å². The zero-order valence-corrected chi connectivity index (χ0v) is 52.1. The molecule has 0 unspecified atom stereocenters. The molecule has 0 amide bonds.